The van der Waals surface area contributed by atoms with Gasteiger partial charge in [0.25, 0.3) is 0 Å². The normalized spacial score (nSPS) is 16.9. The van der Waals surface area contributed by atoms with E-state index in [4.69, 9.17) is 4.74 Å². The van der Waals surface area contributed by atoms with Crippen molar-refractivity contribution in [2.45, 2.75) is 84.4 Å². The summed E-state index contributed by atoms with van der Waals surface area (Å²) in [6.07, 6.45) is 0.725. The molecule has 0 fully saturated rings. The van der Waals surface area contributed by atoms with E-state index in [9.17, 15) is 22.8 Å². The van der Waals surface area contributed by atoms with E-state index < -0.39 is 11.7 Å². The van der Waals surface area contributed by atoms with Crippen molar-refractivity contribution in [3.8, 4) is 0 Å². The Labute approximate surface area is 199 Å². The van der Waals surface area contributed by atoms with Gasteiger partial charge in [0.1, 0.15) is 0 Å². The fraction of sp³-hybridized carbons (Fsp3) is 0.556. The third-order valence-electron chi connectivity index (χ3n) is 6.80. The Bertz CT molecular complexity index is 1010. The van der Waals surface area contributed by atoms with Crippen molar-refractivity contribution in [1.82, 2.24) is 4.57 Å². The number of carbonyl (C=O) groups excluding carboxylic acids is 2. The number of alkyl halides is 3. The van der Waals surface area contributed by atoms with Gasteiger partial charge in [-0.3, -0.25) is 9.59 Å². The number of benzene rings is 1. The maximum Gasteiger partial charge on any atom is 0.416 e. The molecule has 1 aromatic carbocycles. The first kappa shape index (κ1) is 26.0. The molecule has 186 valence electrons. The number of nitrogens with zero attached hydrogens (tertiary/aromatic N) is 1. The molecule has 0 spiro atoms. The Kier molecular flexibility index (Phi) is 8.26. The summed E-state index contributed by atoms with van der Waals surface area (Å²) in [7, 11) is 0. The zero-order chi connectivity index (χ0) is 25.0. The molecule has 1 heterocycles. The summed E-state index contributed by atoms with van der Waals surface area (Å²) in [4.78, 5) is 24.5. The van der Waals surface area contributed by atoms with Gasteiger partial charge in [0, 0.05) is 22.9 Å². The molecular weight excluding hydrogens is 443 g/mol. The SMILES string of the molecule is CCOC(=O)CC1CCCc2c(C=O)c(C)n([C@H](CCC(C)C)c3ccc(C(F)(F)F)cc3)c21. The lowest BCUT2D eigenvalue weighted by molar-refractivity contribution is -0.143. The smallest absolute Gasteiger partial charge is 0.416 e. The highest BCUT2D eigenvalue weighted by Gasteiger charge is 2.34. The highest BCUT2D eigenvalue weighted by molar-refractivity contribution is 5.81. The lowest BCUT2D eigenvalue weighted by Crippen LogP contribution is -2.22. The largest absolute Gasteiger partial charge is 0.466 e. The van der Waals surface area contributed by atoms with E-state index in [1.807, 2.05) is 6.92 Å². The summed E-state index contributed by atoms with van der Waals surface area (Å²) in [5.41, 5.74) is 3.47. The Morgan fingerprint density at radius 1 is 1.21 bits per heavy atom. The number of halogens is 3. The van der Waals surface area contributed by atoms with Crippen molar-refractivity contribution < 1.29 is 27.5 Å². The van der Waals surface area contributed by atoms with Gasteiger partial charge in [-0.05, 0) is 75.1 Å². The van der Waals surface area contributed by atoms with Crippen LogP contribution >= 0.6 is 0 Å². The first-order chi connectivity index (χ1) is 16.1. The maximum absolute atomic E-state index is 13.2. The monoisotopic (exact) mass is 477 g/mol. The topological polar surface area (TPSA) is 48.3 Å². The molecule has 1 aliphatic rings. The van der Waals surface area contributed by atoms with Gasteiger partial charge < -0.3 is 9.30 Å². The standard InChI is InChI=1S/C27H34F3NO3/c1-5-34-25(33)15-20-7-6-8-22-23(16-32)18(4)31(26(20)22)24(14-9-17(2)3)19-10-12-21(13-11-19)27(28,29)30/h10-13,16-17,20,24H,5-9,14-15H2,1-4H3/t20?,24-/m1/s1. The second-order valence-corrected chi connectivity index (χ2v) is 9.56. The highest BCUT2D eigenvalue weighted by Crippen LogP contribution is 2.43. The number of aromatic nitrogens is 1. The lowest BCUT2D eigenvalue weighted by Gasteiger charge is -2.31. The van der Waals surface area contributed by atoms with Crippen LogP contribution in [0, 0.1) is 12.8 Å². The van der Waals surface area contributed by atoms with Crippen LogP contribution < -0.4 is 0 Å². The third kappa shape index (κ3) is 5.56. The summed E-state index contributed by atoms with van der Waals surface area (Å²) in [6.45, 7) is 8.20. The van der Waals surface area contributed by atoms with Gasteiger partial charge in [-0.25, -0.2) is 0 Å². The summed E-state index contributed by atoms with van der Waals surface area (Å²) < 4.78 is 46.9. The van der Waals surface area contributed by atoms with Crippen LogP contribution in [0.15, 0.2) is 24.3 Å². The first-order valence-electron chi connectivity index (χ1n) is 12.1. The Balaban J connectivity index is 2.14. The van der Waals surface area contributed by atoms with E-state index in [-0.39, 0.29) is 24.3 Å². The quantitative estimate of drug-likeness (QED) is 0.288. The molecule has 1 aromatic heterocycles. The van der Waals surface area contributed by atoms with Crippen LogP contribution in [-0.2, 0) is 22.1 Å². The predicted octanol–water partition coefficient (Wildman–Crippen LogP) is 7.03. The number of hydrogen-bond acceptors (Lipinski definition) is 3. The number of esters is 1. The predicted molar refractivity (Wildman–Crippen MR) is 125 cm³/mol. The summed E-state index contributed by atoms with van der Waals surface area (Å²) >= 11 is 0. The summed E-state index contributed by atoms with van der Waals surface area (Å²) in [5, 5.41) is 0. The number of hydrogen-bond donors (Lipinski definition) is 0. The van der Waals surface area contributed by atoms with Gasteiger partial charge in [0.2, 0.25) is 0 Å². The van der Waals surface area contributed by atoms with Gasteiger partial charge in [0.15, 0.2) is 6.29 Å². The summed E-state index contributed by atoms with van der Waals surface area (Å²) in [6, 6.07) is 5.11. The average Bonchev–Trinajstić information content (AvgIpc) is 3.06. The van der Waals surface area contributed by atoms with Crippen LogP contribution in [-0.4, -0.2) is 23.4 Å². The van der Waals surface area contributed by atoms with E-state index in [2.05, 4.69) is 18.4 Å². The molecule has 0 saturated heterocycles. The minimum atomic E-state index is -4.40. The van der Waals surface area contributed by atoms with Crippen molar-refractivity contribution in [1.29, 1.82) is 0 Å². The minimum Gasteiger partial charge on any atom is -0.466 e. The molecule has 0 radical (unpaired) electrons. The molecule has 0 aliphatic heterocycles. The molecule has 2 aromatic rings. The minimum absolute atomic E-state index is 0.0915. The molecule has 0 N–H and O–H groups in total. The number of ether oxygens (including phenoxy) is 1. The lowest BCUT2D eigenvalue weighted by atomic mass is 9.84. The Morgan fingerprint density at radius 3 is 2.44 bits per heavy atom. The molecule has 4 nitrogen and oxygen atoms in total. The van der Waals surface area contributed by atoms with Crippen LogP contribution in [0.1, 0.15) is 103 Å². The highest BCUT2D eigenvalue weighted by atomic mass is 19.4. The molecular formula is C27H34F3NO3. The van der Waals surface area contributed by atoms with Crippen LogP contribution in [0.5, 0.6) is 0 Å². The number of rotatable bonds is 9. The van der Waals surface area contributed by atoms with Crippen molar-refractivity contribution >= 4 is 12.3 Å². The molecule has 0 amide bonds. The van der Waals surface area contributed by atoms with Crippen molar-refractivity contribution in [3.63, 3.8) is 0 Å². The first-order valence-corrected chi connectivity index (χ1v) is 12.1. The second kappa shape index (κ2) is 10.8. The van der Waals surface area contributed by atoms with E-state index in [0.717, 1.165) is 73.0 Å². The molecule has 7 heteroatoms. The molecule has 34 heavy (non-hydrogen) atoms. The van der Waals surface area contributed by atoms with Gasteiger partial charge in [-0.1, -0.05) is 26.0 Å². The zero-order valence-electron chi connectivity index (χ0n) is 20.4. The van der Waals surface area contributed by atoms with E-state index in [0.29, 0.717) is 18.1 Å². The molecule has 0 saturated carbocycles. The maximum atomic E-state index is 13.2. The third-order valence-corrected chi connectivity index (χ3v) is 6.80. The molecule has 0 bridgehead atoms. The number of carbonyl (C=O) groups is 2. The molecule has 1 aliphatic carbocycles. The van der Waals surface area contributed by atoms with Gasteiger partial charge >= 0.3 is 12.1 Å². The van der Waals surface area contributed by atoms with Crippen LogP contribution in [0.3, 0.4) is 0 Å². The summed E-state index contributed by atoms with van der Waals surface area (Å²) in [5.74, 6) is 0.0439. The van der Waals surface area contributed by atoms with E-state index >= 15 is 0 Å². The fourth-order valence-electron chi connectivity index (χ4n) is 5.19. The second-order valence-electron chi connectivity index (χ2n) is 9.56. The molecule has 3 rings (SSSR count). The van der Waals surface area contributed by atoms with Crippen LogP contribution in [0.4, 0.5) is 13.2 Å². The van der Waals surface area contributed by atoms with E-state index in [1.165, 1.54) is 0 Å². The molecule has 2 atom stereocenters. The van der Waals surface area contributed by atoms with Gasteiger partial charge in [0.05, 0.1) is 24.6 Å². The van der Waals surface area contributed by atoms with Crippen molar-refractivity contribution in [2.24, 2.45) is 5.92 Å². The zero-order valence-corrected chi connectivity index (χ0v) is 20.4. The number of aldehydes is 1. The van der Waals surface area contributed by atoms with Gasteiger partial charge in [-0.15, -0.1) is 0 Å². The number of fused-ring (bicyclic) bond motifs is 1. The van der Waals surface area contributed by atoms with Crippen LogP contribution in [0.2, 0.25) is 0 Å². The van der Waals surface area contributed by atoms with Gasteiger partial charge in [-0.2, -0.15) is 13.2 Å². The van der Waals surface area contributed by atoms with Crippen molar-refractivity contribution in [3.05, 3.63) is 57.9 Å². The van der Waals surface area contributed by atoms with Crippen molar-refractivity contribution in [2.75, 3.05) is 6.61 Å². The Morgan fingerprint density at radius 2 is 1.88 bits per heavy atom. The average molecular weight is 478 g/mol. The van der Waals surface area contributed by atoms with E-state index in [1.54, 1.807) is 19.1 Å². The van der Waals surface area contributed by atoms with Crippen LogP contribution in [0.25, 0.3) is 0 Å². The fourth-order valence-corrected chi connectivity index (χ4v) is 5.19. The Hall–Kier alpha value is -2.57. The molecule has 1 unspecified atom stereocenters.